The number of rotatable bonds is 3. The zero-order valence-electron chi connectivity index (χ0n) is 12.2. The average molecular weight is 293 g/mol. The van der Waals surface area contributed by atoms with Crippen LogP contribution in [0.25, 0.3) is 0 Å². The van der Waals surface area contributed by atoms with Crippen molar-refractivity contribution in [1.82, 2.24) is 15.1 Å². The van der Waals surface area contributed by atoms with E-state index in [1.807, 2.05) is 13.0 Å². The van der Waals surface area contributed by atoms with Crippen molar-refractivity contribution in [3.05, 3.63) is 17.8 Å². The van der Waals surface area contributed by atoms with Gasteiger partial charge in [0, 0.05) is 12.6 Å². The van der Waals surface area contributed by atoms with Gasteiger partial charge in [0.1, 0.15) is 6.10 Å². The first-order valence-corrected chi connectivity index (χ1v) is 7.03. The van der Waals surface area contributed by atoms with Gasteiger partial charge in [-0.2, -0.15) is 5.10 Å². The Balaban J connectivity index is 1.92. The molecule has 0 saturated carbocycles. The number of aryl methyl sites for hydroxylation is 1. The Hall–Kier alpha value is -2.18. The Morgan fingerprint density at radius 2 is 2.19 bits per heavy atom. The van der Waals surface area contributed by atoms with E-state index < -0.39 is 11.9 Å². The minimum atomic E-state index is -0.812. The van der Waals surface area contributed by atoms with E-state index in [2.05, 4.69) is 10.2 Å². The van der Waals surface area contributed by atoms with Crippen LogP contribution < -0.4 is 4.74 Å². The molecular weight excluding hydrogens is 274 g/mol. The van der Waals surface area contributed by atoms with Gasteiger partial charge in [0.15, 0.2) is 0 Å². The van der Waals surface area contributed by atoms with Crippen LogP contribution in [0.2, 0.25) is 0 Å². The molecule has 0 spiro atoms. The highest BCUT2D eigenvalue weighted by Gasteiger charge is 2.29. The summed E-state index contributed by atoms with van der Waals surface area (Å²) in [5, 5.41) is 7.86. The van der Waals surface area contributed by atoms with Gasteiger partial charge in [-0.25, -0.2) is 4.79 Å². The van der Waals surface area contributed by atoms with Gasteiger partial charge in [-0.1, -0.05) is 0 Å². The molecule has 0 N–H and O–H groups in total. The molecule has 2 heterocycles. The molecule has 1 aliphatic rings. The summed E-state index contributed by atoms with van der Waals surface area (Å²) >= 11 is 0. The summed E-state index contributed by atoms with van der Waals surface area (Å²) in [5.41, 5.74) is 0.810. The van der Waals surface area contributed by atoms with Gasteiger partial charge in [0.2, 0.25) is 5.88 Å². The smallest absolute Gasteiger partial charge is 0.397 e. The van der Waals surface area contributed by atoms with E-state index in [-0.39, 0.29) is 12.7 Å². The molecule has 0 radical (unpaired) electrons. The molecule has 114 valence electrons. The van der Waals surface area contributed by atoms with E-state index in [0.717, 1.165) is 18.5 Å². The van der Waals surface area contributed by atoms with Crippen molar-refractivity contribution in [3.8, 4) is 5.88 Å². The summed E-state index contributed by atoms with van der Waals surface area (Å²) in [7, 11) is 0. The highest BCUT2D eigenvalue weighted by molar-refractivity contribution is 6.32. The first-order chi connectivity index (χ1) is 10.1. The lowest BCUT2D eigenvalue weighted by atomic mass is 10.1. The Morgan fingerprint density at radius 3 is 2.86 bits per heavy atom. The lowest BCUT2D eigenvalue weighted by Gasteiger charge is -2.31. The minimum absolute atomic E-state index is 0.186. The molecular formula is C14H19N3O4. The van der Waals surface area contributed by atoms with Crippen LogP contribution >= 0.6 is 0 Å². The number of aromatic nitrogens is 2. The number of hydrogen-bond acceptors (Lipinski definition) is 6. The van der Waals surface area contributed by atoms with Crippen LogP contribution in [-0.4, -0.2) is 52.8 Å². The van der Waals surface area contributed by atoms with Crippen LogP contribution in [0.4, 0.5) is 0 Å². The number of carbonyl (C=O) groups is 2. The van der Waals surface area contributed by atoms with E-state index in [4.69, 9.17) is 9.47 Å². The van der Waals surface area contributed by atoms with Gasteiger partial charge in [0.05, 0.1) is 18.8 Å². The Labute approximate surface area is 123 Å². The van der Waals surface area contributed by atoms with Crippen molar-refractivity contribution in [2.75, 3.05) is 19.7 Å². The first kappa shape index (κ1) is 15.2. The van der Waals surface area contributed by atoms with Gasteiger partial charge >= 0.3 is 11.9 Å². The van der Waals surface area contributed by atoms with Gasteiger partial charge < -0.3 is 14.4 Å². The summed E-state index contributed by atoms with van der Waals surface area (Å²) < 4.78 is 10.4. The standard InChI is InChI=1S/C14H19N3O4/c1-3-20-14(19)13(18)17-8-4-5-11(9-17)21-12-7-6-10(2)15-16-12/h6-7,11H,3-5,8-9H2,1-2H3. The van der Waals surface area contributed by atoms with Crippen molar-refractivity contribution < 1.29 is 19.1 Å². The van der Waals surface area contributed by atoms with E-state index in [1.54, 1.807) is 13.0 Å². The van der Waals surface area contributed by atoms with Crippen LogP contribution in [0.5, 0.6) is 5.88 Å². The minimum Gasteiger partial charge on any atom is -0.471 e. The van der Waals surface area contributed by atoms with Crippen molar-refractivity contribution in [2.24, 2.45) is 0 Å². The summed E-state index contributed by atoms with van der Waals surface area (Å²) in [4.78, 5) is 24.8. The molecule has 1 unspecified atom stereocenters. The lowest BCUT2D eigenvalue weighted by molar-refractivity contribution is -0.161. The zero-order chi connectivity index (χ0) is 15.2. The van der Waals surface area contributed by atoms with Crippen molar-refractivity contribution >= 4 is 11.9 Å². The number of piperidine rings is 1. The van der Waals surface area contributed by atoms with Crippen LogP contribution in [0, 0.1) is 6.92 Å². The first-order valence-electron chi connectivity index (χ1n) is 7.03. The number of hydrogen-bond donors (Lipinski definition) is 0. The number of nitrogens with zero attached hydrogens (tertiary/aromatic N) is 3. The van der Waals surface area contributed by atoms with E-state index in [9.17, 15) is 9.59 Å². The van der Waals surface area contributed by atoms with Crippen LogP contribution in [-0.2, 0) is 14.3 Å². The Kier molecular flexibility index (Phi) is 5.08. The van der Waals surface area contributed by atoms with Gasteiger partial charge in [0.25, 0.3) is 0 Å². The third-order valence-electron chi connectivity index (χ3n) is 3.18. The highest BCUT2D eigenvalue weighted by atomic mass is 16.5. The SMILES string of the molecule is CCOC(=O)C(=O)N1CCCC(Oc2ccc(C)nn2)C1. The fourth-order valence-electron chi connectivity index (χ4n) is 2.16. The largest absolute Gasteiger partial charge is 0.471 e. The van der Waals surface area contributed by atoms with Crippen LogP contribution in [0.15, 0.2) is 12.1 Å². The summed E-state index contributed by atoms with van der Waals surface area (Å²) in [6, 6.07) is 3.56. The molecule has 7 heteroatoms. The maximum atomic E-state index is 11.9. The van der Waals surface area contributed by atoms with Crippen molar-refractivity contribution in [3.63, 3.8) is 0 Å². The molecule has 1 aliphatic heterocycles. The fraction of sp³-hybridized carbons (Fsp3) is 0.571. The molecule has 1 aromatic rings. The van der Waals surface area contributed by atoms with Gasteiger partial charge in [-0.3, -0.25) is 4.79 Å². The number of carbonyl (C=O) groups excluding carboxylic acids is 2. The van der Waals surface area contributed by atoms with Crippen molar-refractivity contribution in [1.29, 1.82) is 0 Å². The average Bonchev–Trinajstić information content (AvgIpc) is 2.49. The quantitative estimate of drug-likeness (QED) is 0.603. The third-order valence-corrected chi connectivity index (χ3v) is 3.18. The summed E-state index contributed by atoms with van der Waals surface area (Å²) in [6.45, 7) is 4.60. The second-order valence-corrected chi connectivity index (χ2v) is 4.87. The zero-order valence-corrected chi connectivity index (χ0v) is 12.2. The predicted octanol–water partition coefficient (Wildman–Crippen LogP) is 0.718. The Morgan fingerprint density at radius 1 is 1.38 bits per heavy atom. The van der Waals surface area contributed by atoms with Crippen LogP contribution in [0.3, 0.4) is 0 Å². The maximum absolute atomic E-state index is 11.9. The molecule has 7 nitrogen and oxygen atoms in total. The summed E-state index contributed by atoms with van der Waals surface area (Å²) in [6.07, 6.45) is 1.39. The second kappa shape index (κ2) is 7.01. The second-order valence-electron chi connectivity index (χ2n) is 4.87. The predicted molar refractivity (Wildman–Crippen MR) is 73.6 cm³/mol. The maximum Gasteiger partial charge on any atom is 0.397 e. The highest BCUT2D eigenvalue weighted by Crippen LogP contribution is 2.16. The number of amides is 1. The molecule has 1 fully saturated rings. The van der Waals surface area contributed by atoms with Crippen LogP contribution in [0.1, 0.15) is 25.5 Å². The molecule has 0 aliphatic carbocycles. The van der Waals surface area contributed by atoms with Crippen molar-refractivity contribution in [2.45, 2.75) is 32.8 Å². The molecule has 0 aromatic carbocycles. The lowest BCUT2D eigenvalue weighted by Crippen LogP contribution is -2.47. The Bertz CT molecular complexity index is 503. The third kappa shape index (κ3) is 4.14. The molecule has 21 heavy (non-hydrogen) atoms. The van der Waals surface area contributed by atoms with E-state index in [1.165, 1.54) is 4.90 Å². The molecule has 1 atom stereocenters. The monoisotopic (exact) mass is 293 g/mol. The van der Waals surface area contributed by atoms with Gasteiger partial charge in [-0.15, -0.1) is 5.10 Å². The van der Waals surface area contributed by atoms with Gasteiger partial charge in [-0.05, 0) is 32.8 Å². The molecule has 0 bridgehead atoms. The topological polar surface area (TPSA) is 81.6 Å². The summed E-state index contributed by atoms with van der Waals surface area (Å²) in [5.74, 6) is -0.996. The number of likely N-dealkylation sites (tertiary alicyclic amines) is 1. The van der Waals surface area contributed by atoms with E-state index in [0.29, 0.717) is 19.0 Å². The molecule has 1 aromatic heterocycles. The number of ether oxygens (including phenoxy) is 2. The fourth-order valence-corrected chi connectivity index (χ4v) is 2.16. The molecule has 1 saturated heterocycles. The molecule has 2 rings (SSSR count). The molecule has 1 amide bonds. The van der Waals surface area contributed by atoms with E-state index >= 15 is 0 Å². The number of esters is 1. The normalized spacial score (nSPS) is 18.2.